The molecule has 2 heterocycles. The highest BCUT2D eigenvalue weighted by Crippen LogP contribution is 2.24. The van der Waals surface area contributed by atoms with Gasteiger partial charge >= 0.3 is 5.97 Å². The zero-order valence-corrected chi connectivity index (χ0v) is 12.8. The average molecular weight is 282 g/mol. The number of carbonyl (C=O) groups is 1. The number of aryl methyl sites for hydroxylation is 2. The van der Waals surface area contributed by atoms with Crippen LogP contribution in [0.15, 0.2) is 0 Å². The van der Waals surface area contributed by atoms with E-state index in [1.165, 1.54) is 4.88 Å². The van der Waals surface area contributed by atoms with E-state index in [2.05, 4.69) is 16.8 Å². The topological polar surface area (TPSA) is 42.4 Å². The predicted octanol–water partition coefficient (Wildman–Crippen LogP) is 2.68. The van der Waals surface area contributed by atoms with Crippen molar-refractivity contribution in [2.75, 3.05) is 13.2 Å². The first-order chi connectivity index (χ1) is 9.11. The minimum absolute atomic E-state index is 0.0767. The second-order valence-corrected chi connectivity index (χ2v) is 6.27. The summed E-state index contributed by atoms with van der Waals surface area (Å²) in [4.78, 5) is 20.0. The summed E-state index contributed by atoms with van der Waals surface area (Å²) in [7, 11) is 0. The molecule has 106 valence electrons. The summed E-state index contributed by atoms with van der Waals surface area (Å²) in [6.45, 7) is 8.17. The minimum Gasteiger partial charge on any atom is -0.465 e. The second kappa shape index (κ2) is 6.48. The molecule has 1 fully saturated rings. The summed E-state index contributed by atoms with van der Waals surface area (Å²) < 4.78 is 5.18. The zero-order chi connectivity index (χ0) is 13.8. The number of hydrogen-bond acceptors (Lipinski definition) is 5. The maximum atomic E-state index is 12.0. The van der Waals surface area contributed by atoms with Gasteiger partial charge in [0.2, 0.25) is 0 Å². The SMILES string of the molecule is CCOC(=O)C1CCCCN1Cc1nc(C)c(C)s1. The lowest BCUT2D eigenvalue weighted by molar-refractivity contribution is -0.151. The Kier molecular flexibility index (Phi) is 4.93. The van der Waals surface area contributed by atoms with Gasteiger partial charge in [0.15, 0.2) is 0 Å². The van der Waals surface area contributed by atoms with Gasteiger partial charge in [-0.05, 0) is 40.2 Å². The first-order valence-corrected chi connectivity index (χ1v) is 7.77. The Morgan fingerprint density at radius 3 is 2.89 bits per heavy atom. The van der Waals surface area contributed by atoms with Crippen molar-refractivity contribution >= 4 is 17.3 Å². The lowest BCUT2D eigenvalue weighted by atomic mass is 10.0. The highest BCUT2D eigenvalue weighted by Gasteiger charge is 2.30. The summed E-state index contributed by atoms with van der Waals surface area (Å²) >= 11 is 1.73. The van der Waals surface area contributed by atoms with Crippen LogP contribution in [0.3, 0.4) is 0 Å². The van der Waals surface area contributed by atoms with Crippen LogP contribution in [0.4, 0.5) is 0 Å². The Morgan fingerprint density at radius 1 is 1.47 bits per heavy atom. The van der Waals surface area contributed by atoms with Crippen LogP contribution in [0.5, 0.6) is 0 Å². The second-order valence-electron chi connectivity index (χ2n) is 4.98. The van der Waals surface area contributed by atoms with Gasteiger partial charge in [0.05, 0.1) is 18.8 Å². The Balaban J connectivity index is 2.05. The molecule has 1 aromatic heterocycles. The van der Waals surface area contributed by atoms with Crippen molar-refractivity contribution < 1.29 is 9.53 Å². The van der Waals surface area contributed by atoms with Gasteiger partial charge in [-0.15, -0.1) is 11.3 Å². The van der Waals surface area contributed by atoms with Crippen molar-refractivity contribution in [3.05, 3.63) is 15.6 Å². The molecule has 2 rings (SSSR count). The van der Waals surface area contributed by atoms with E-state index >= 15 is 0 Å². The van der Waals surface area contributed by atoms with Crippen LogP contribution in [-0.2, 0) is 16.1 Å². The van der Waals surface area contributed by atoms with Crippen LogP contribution in [0, 0.1) is 13.8 Å². The van der Waals surface area contributed by atoms with Crippen LogP contribution in [0.2, 0.25) is 0 Å². The Labute approximate surface area is 118 Å². The summed E-state index contributed by atoms with van der Waals surface area (Å²) in [5.41, 5.74) is 1.10. The van der Waals surface area contributed by atoms with Crippen LogP contribution < -0.4 is 0 Å². The number of hydrogen-bond donors (Lipinski definition) is 0. The molecule has 0 bridgehead atoms. The fraction of sp³-hybridized carbons (Fsp3) is 0.714. The van der Waals surface area contributed by atoms with Crippen LogP contribution in [-0.4, -0.2) is 35.0 Å². The normalized spacial score (nSPS) is 20.5. The number of ether oxygens (including phenoxy) is 1. The zero-order valence-electron chi connectivity index (χ0n) is 11.9. The van der Waals surface area contributed by atoms with E-state index in [4.69, 9.17) is 4.74 Å². The number of rotatable bonds is 4. The van der Waals surface area contributed by atoms with E-state index < -0.39 is 0 Å². The van der Waals surface area contributed by atoms with Gasteiger partial charge in [0.25, 0.3) is 0 Å². The number of thiazole rings is 1. The van der Waals surface area contributed by atoms with E-state index in [-0.39, 0.29) is 12.0 Å². The van der Waals surface area contributed by atoms with E-state index in [1.807, 2.05) is 13.8 Å². The molecular formula is C14H22N2O2S. The number of likely N-dealkylation sites (tertiary alicyclic amines) is 1. The maximum Gasteiger partial charge on any atom is 0.323 e. The maximum absolute atomic E-state index is 12.0. The molecule has 1 aliphatic rings. The standard InChI is InChI=1S/C14H22N2O2S/c1-4-18-14(17)12-7-5-6-8-16(12)9-13-15-10(2)11(3)19-13/h12H,4-9H2,1-3H3. The van der Waals surface area contributed by atoms with Gasteiger partial charge < -0.3 is 4.74 Å². The molecular weight excluding hydrogens is 260 g/mol. The van der Waals surface area contributed by atoms with Crippen molar-refractivity contribution in [1.82, 2.24) is 9.88 Å². The number of piperidine rings is 1. The van der Waals surface area contributed by atoms with E-state index in [9.17, 15) is 4.79 Å². The molecule has 0 N–H and O–H groups in total. The van der Waals surface area contributed by atoms with Crippen molar-refractivity contribution in [2.45, 2.75) is 52.6 Å². The van der Waals surface area contributed by atoms with Gasteiger partial charge in [0, 0.05) is 4.88 Å². The Morgan fingerprint density at radius 2 is 2.26 bits per heavy atom. The predicted molar refractivity (Wildman–Crippen MR) is 76.3 cm³/mol. The molecule has 1 saturated heterocycles. The molecule has 0 aliphatic carbocycles. The highest BCUT2D eigenvalue weighted by molar-refractivity contribution is 7.11. The molecule has 1 aromatic rings. The fourth-order valence-electron chi connectivity index (χ4n) is 2.47. The van der Waals surface area contributed by atoms with Crippen molar-refractivity contribution in [3.63, 3.8) is 0 Å². The molecule has 0 amide bonds. The monoisotopic (exact) mass is 282 g/mol. The number of carbonyl (C=O) groups excluding carboxylic acids is 1. The van der Waals surface area contributed by atoms with E-state index in [0.717, 1.165) is 43.1 Å². The van der Waals surface area contributed by atoms with Gasteiger partial charge in [0.1, 0.15) is 11.0 Å². The third-order valence-electron chi connectivity index (χ3n) is 3.58. The summed E-state index contributed by atoms with van der Waals surface area (Å²) in [5.74, 6) is -0.0767. The Hall–Kier alpha value is -0.940. The van der Waals surface area contributed by atoms with Crippen molar-refractivity contribution in [1.29, 1.82) is 0 Å². The molecule has 0 radical (unpaired) electrons. The summed E-state index contributed by atoms with van der Waals surface area (Å²) in [5, 5.41) is 1.10. The van der Waals surface area contributed by atoms with Gasteiger partial charge in [-0.2, -0.15) is 0 Å². The molecule has 0 aromatic carbocycles. The first kappa shape index (κ1) is 14.5. The van der Waals surface area contributed by atoms with Crippen molar-refractivity contribution in [2.24, 2.45) is 0 Å². The van der Waals surface area contributed by atoms with Gasteiger partial charge in [-0.1, -0.05) is 6.42 Å². The molecule has 1 aliphatic heterocycles. The lowest BCUT2D eigenvalue weighted by Crippen LogP contribution is -2.44. The van der Waals surface area contributed by atoms with E-state index in [0.29, 0.717) is 6.61 Å². The number of esters is 1. The fourth-order valence-corrected chi connectivity index (χ4v) is 3.43. The quantitative estimate of drug-likeness (QED) is 0.796. The average Bonchev–Trinajstić information content (AvgIpc) is 2.69. The van der Waals surface area contributed by atoms with Crippen LogP contribution in [0.1, 0.15) is 41.8 Å². The minimum atomic E-state index is -0.0850. The third-order valence-corrected chi connectivity index (χ3v) is 4.64. The van der Waals surface area contributed by atoms with Crippen LogP contribution in [0.25, 0.3) is 0 Å². The molecule has 1 unspecified atom stereocenters. The first-order valence-electron chi connectivity index (χ1n) is 6.95. The van der Waals surface area contributed by atoms with Crippen molar-refractivity contribution in [3.8, 4) is 0 Å². The molecule has 0 spiro atoms. The summed E-state index contributed by atoms with van der Waals surface area (Å²) in [6, 6.07) is -0.0850. The van der Waals surface area contributed by atoms with Gasteiger partial charge in [-0.25, -0.2) is 4.98 Å². The molecule has 1 atom stereocenters. The highest BCUT2D eigenvalue weighted by atomic mass is 32.1. The number of nitrogens with zero attached hydrogens (tertiary/aromatic N) is 2. The summed E-state index contributed by atoms with van der Waals surface area (Å²) in [6.07, 6.45) is 3.16. The number of aromatic nitrogens is 1. The third kappa shape index (κ3) is 3.54. The Bertz CT molecular complexity index is 425. The smallest absolute Gasteiger partial charge is 0.323 e. The van der Waals surface area contributed by atoms with Crippen LogP contribution >= 0.6 is 11.3 Å². The van der Waals surface area contributed by atoms with E-state index in [1.54, 1.807) is 11.3 Å². The lowest BCUT2D eigenvalue weighted by Gasteiger charge is -2.33. The molecule has 19 heavy (non-hydrogen) atoms. The molecule has 4 nitrogen and oxygen atoms in total. The largest absolute Gasteiger partial charge is 0.465 e. The van der Waals surface area contributed by atoms with Gasteiger partial charge in [-0.3, -0.25) is 9.69 Å². The molecule has 5 heteroatoms. The molecule has 0 saturated carbocycles.